The van der Waals surface area contributed by atoms with E-state index in [0.717, 1.165) is 42.3 Å². The number of nitrogens with one attached hydrogen (secondary N) is 1. The van der Waals surface area contributed by atoms with Gasteiger partial charge in [-0.25, -0.2) is 4.98 Å². The molecule has 5 heteroatoms. The average Bonchev–Trinajstić information content (AvgIpc) is 2.61. The lowest BCUT2D eigenvalue weighted by Gasteiger charge is -2.22. The van der Waals surface area contributed by atoms with Gasteiger partial charge >= 0.3 is 0 Å². The van der Waals surface area contributed by atoms with E-state index < -0.39 is 0 Å². The minimum absolute atomic E-state index is 0.653. The molecule has 0 saturated carbocycles. The minimum atomic E-state index is 0.653. The zero-order chi connectivity index (χ0) is 16.4. The maximum Gasteiger partial charge on any atom is 0.162 e. The van der Waals surface area contributed by atoms with E-state index in [4.69, 9.17) is 25.6 Å². The lowest BCUT2D eigenvalue weighted by molar-refractivity contribution is 0.355. The van der Waals surface area contributed by atoms with Crippen molar-refractivity contribution in [1.29, 1.82) is 5.41 Å². The second-order valence-electron chi connectivity index (χ2n) is 5.62. The number of rotatable bonds is 4. The lowest BCUT2D eigenvalue weighted by Crippen LogP contribution is -2.10. The van der Waals surface area contributed by atoms with Gasteiger partial charge in [0, 0.05) is 29.4 Å². The molecule has 1 aliphatic carbocycles. The third kappa shape index (κ3) is 2.52. The van der Waals surface area contributed by atoms with Crippen LogP contribution >= 0.6 is 0 Å². The van der Waals surface area contributed by atoms with Crippen LogP contribution in [0.5, 0.6) is 11.5 Å². The number of ether oxygens (including phenoxy) is 2. The molecule has 0 radical (unpaired) electrons. The van der Waals surface area contributed by atoms with Crippen molar-refractivity contribution >= 4 is 22.7 Å². The second-order valence-corrected chi connectivity index (χ2v) is 5.62. The molecule has 23 heavy (non-hydrogen) atoms. The Kier molecular flexibility index (Phi) is 4.19. The van der Waals surface area contributed by atoms with Crippen LogP contribution in [0.2, 0.25) is 0 Å². The topological polar surface area (TPSA) is 81.2 Å². The number of allylic oxidation sites excluding steroid dienone is 1. The molecule has 0 bridgehead atoms. The van der Waals surface area contributed by atoms with Crippen LogP contribution < -0.4 is 15.2 Å². The summed E-state index contributed by atoms with van der Waals surface area (Å²) in [5, 5.41) is 8.71. The van der Waals surface area contributed by atoms with E-state index >= 15 is 0 Å². The van der Waals surface area contributed by atoms with Crippen LogP contribution in [-0.2, 0) is 12.8 Å². The van der Waals surface area contributed by atoms with Crippen LogP contribution in [0.4, 0.5) is 0 Å². The number of pyridine rings is 1. The molecule has 1 aromatic carbocycles. The van der Waals surface area contributed by atoms with E-state index in [0.29, 0.717) is 17.1 Å². The normalized spacial score (nSPS) is 14.4. The summed E-state index contributed by atoms with van der Waals surface area (Å²) < 4.78 is 10.8. The molecule has 0 aliphatic heterocycles. The van der Waals surface area contributed by atoms with Crippen LogP contribution in [0.25, 0.3) is 16.5 Å². The van der Waals surface area contributed by atoms with Gasteiger partial charge < -0.3 is 20.6 Å². The largest absolute Gasteiger partial charge is 0.493 e. The fraction of sp³-hybridized carbons (Fsp3) is 0.333. The van der Waals surface area contributed by atoms with Crippen molar-refractivity contribution in [3.63, 3.8) is 0 Å². The van der Waals surface area contributed by atoms with E-state index in [1.807, 2.05) is 12.1 Å². The number of nitrogens with zero attached hydrogens (tertiary/aromatic N) is 1. The van der Waals surface area contributed by atoms with Crippen LogP contribution in [-0.4, -0.2) is 25.4 Å². The van der Waals surface area contributed by atoms with Crippen LogP contribution in [0, 0.1) is 5.41 Å². The van der Waals surface area contributed by atoms with E-state index in [1.165, 1.54) is 23.5 Å². The number of fused-ring (bicyclic) bond motifs is 3. The molecule has 0 spiro atoms. The smallest absolute Gasteiger partial charge is 0.162 e. The quantitative estimate of drug-likeness (QED) is 0.850. The molecular weight excluding hydrogens is 290 g/mol. The summed E-state index contributed by atoms with van der Waals surface area (Å²) in [5.41, 5.74) is 10.5. The number of aryl methyl sites for hydroxylation is 1. The molecule has 0 amide bonds. The van der Waals surface area contributed by atoms with Gasteiger partial charge in [0.25, 0.3) is 0 Å². The first-order chi connectivity index (χ1) is 11.2. The number of benzene rings is 1. The van der Waals surface area contributed by atoms with Gasteiger partial charge in [0.15, 0.2) is 11.5 Å². The molecule has 0 unspecified atom stereocenters. The van der Waals surface area contributed by atoms with Gasteiger partial charge in [0.2, 0.25) is 0 Å². The van der Waals surface area contributed by atoms with Gasteiger partial charge in [0.05, 0.1) is 25.4 Å². The molecule has 5 nitrogen and oxygen atoms in total. The Morgan fingerprint density at radius 3 is 2.39 bits per heavy atom. The summed E-state index contributed by atoms with van der Waals surface area (Å²) >= 11 is 0. The molecule has 3 N–H and O–H groups in total. The molecular formula is C18H21N3O2. The zero-order valence-corrected chi connectivity index (χ0v) is 13.5. The average molecular weight is 311 g/mol. The van der Waals surface area contributed by atoms with Crippen LogP contribution in [0.15, 0.2) is 18.3 Å². The number of methoxy groups -OCH3 is 2. The van der Waals surface area contributed by atoms with Crippen molar-refractivity contribution in [1.82, 2.24) is 4.98 Å². The fourth-order valence-corrected chi connectivity index (χ4v) is 3.29. The summed E-state index contributed by atoms with van der Waals surface area (Å²) in [6.07, 6.45) is 6.99. The van der Waals surface area contributed by atoms with Gasteiger partial charge in [-0.2, -0.15) is 0 Å². The SMILES string of the molecule is COc1cc2nc(/C(C=N)=C/N)c3c(c2cc1OC)CCCC3. The molecule has 0 atom stereocenters. The summed E-state index contributed by atoms with van der Waals surface area (Å²) in [7, 11) is 3.26. The monoisotopic (exact) mass is 311 g/mol. The van der Waals surface area contributed by atoms with Gasteiger partial charge in [-0.15, -0.1) is 0 Å². The van der Waals surface area contributed by atoms with E-state index in [9.17, 15) is 0 Å². The molecule has 120 valence electrons. The number of aromatic nitrogens is 1. The first-order valence-electron chi connectivity index (χ1n) is 7.73. The third-order valence-corrected chi connectivity index (χ3v) is 4.42. The molecule has 2 aromatic rings. The van der Waals surface area contributed by atoms with E-state index in [-0.39, 0.29) is 0 Å². The number of hydrogen-bond acceptors (Lipinski definition) is 5. The van der Waals surface area contributed by atoms with Gasteiger partial charge in [-0.05, 0) is 42.9 Å². The second kappa shape index (κ2) is 6.28. The number of hydrogen-bond donors (Lipinski definition) is 2. The number of nitrogens with two attached hydrogens (primary N) is 1. The summed E-state index contributed by atoms with van der Waals surface area (Å²) in [4.78, 5) is 4.78. The first kappa shape index (κ1) is 15.3. The van der Waals surface area contributed by atoms with Crippen molar-refractivity contribution in [2.24, 2.45) is 5.73 Å². The first-order valence-corrected chi connectivity index (χ1v) is 7.73. The standard InChI is InChI=1S/C18H21N3O2/c1-22-16-7-14-12-5-3-4-6-13(12)18(11(9-19)10-20)21-15(14)8-17(16)23-2/h7-10,19H,3-6,20H2,1-2H3/b11-10+,19-9?. The lowest BCUT2D eigenvalue weighted by atomic mass is 9.86. The van der Waals surface area contributed by atoms with Crippen molar-refractivity contribution < 1.29 is 9.47 Å². The van der Waals surface area contributed by atoms with Gasteiger partial charge in [-0.1, -0.05) is 0 Å². The van der Waals surface area contributed by atoms with Gasteiger partial charge in [0.1, 0.15) is 0 Å². The molecule has 1 aliphatic rings. The highest BCUT2D eigenvalue weighted by molar-refractivity contribution is 6.09. The predicted molar refractivity (Wildman–Crippen MR) is 92.4 cm³/mol. The molecule has 1 aromatic heterocycles. The highest BCUT2D eigenvalue weighted by atomic mass is 16.5. The predicted octanol–water partition coefficient (Wildman–Crippen LogP) is 3.08. The maximum absolute atomic E-state index is 7.61. The Hall–Kier alpha value is -2.56. The highest BCUT2D eigenvalue weighted by Crippen LogP contribution is 2.38. The van der Waals surface area contributed by atoms with Crippen LogP contribution in [0.1, 0.15) is 29.7 Å². The Labute approximate surface area is 135 Å². The molecule has 0 saturated heterocycles. The zero-order valence-electron chi connectivity index (χ0n) is 13.5. The maximum atomic E-state index is 7.61. The third-order valence-electron chi connectivity index (χ3n) is 4.42. The fourth-order valence-electron chi connectivity index (χ4n) is 3.29. The summed E-state index contributed by atoms with van der Waals surface area (Å²) in [5.74, 6) is 1.37. The van der Waals surface area contributed by atoms with Crippen molar-refractivity contribution in [3.05, 3.63) is 35.2 Å². The molecule has 0 fully saturated rings. The Bertz CT molecular complexity index is 797. The van der Waals surface area contributed by atoms with E-state index in [2.05, 4.69) is 0 Å². The van der Waals surface area contributed by atoms with Crippen molar-refractivity contribution in [2.45, 2.75) is 25.7 Å². The molecule has 3 rings (SSSR count). The summed E-state index contributed by atoms with van der Waals surface area (Å²) in [6, 6.07) is 3.90. The Balaban J connectivity index is 2.36. The Morgan fingerprint density at radius 2 is 1.78 bits per heavy atom. The van der Waals surface area contributed by atoms with E-state index in [1.54, 1.807) is 14.2 Å². The minimum Gasteiger partial charge on any atom is -0.493 e. The highest BCUT2D eigenvalue weighted by Gasteiger charge is 2.21. The van der Waals surface area contributed by atoms with Crippen LogP contribution in [0.3, 0.4) is 0 Å². The molecule has 1 heterocycles. The van der Waals surface area contributed by atoms with Crippen molar-refractivity contribution in [2.75, 3.05) is 14.2 Å². The Morgan fingerprint density at radius 1 is 1.13 bits per heavy atom. The van der Waals surface area contributed by atoms with Crippen molar-refractivity contribution in [3.8, 4) is 11.5 Å². The summed E-state index contributed by atoms with van der Waals surface area (Å²) in [6.45, 7) is 0. The van der Waals surface area contributed by atoms with Gasteiger partial charge in [-0.3, -0.25) is 0 Å².